The Hall–Kier alpha value is 0.920. The number of halogens is 2. The summed E-state index contributed by atoms with van der Waals surface area (Å²) in [7, 11) is 0. The van der Waals surface area contributed by atoms with Gasteiger partial charge in [0.2, 0.25) is 0 Å². The molecule has 0 aromatic rings. The van der Waals surface area contributed by atoms with Gasteiger partial charge in [-0.05, 0) is 43.4 Å². The standard InChI is InChI=1S/C13H24Br2O/c1-11(2)8-13(9-14,10-15)6-5-12-4-3-7-16-12/h11-12H,3-10H2,1-2H3. The van der Waals surface area contributed by atoms with Gasteiger partial charge in [-0.25, -0.2) is 0 Å². The molecule has 1 saturated heterocycles. The van der Waals surface area contributed by atoms with E-state index in [1.54, 1.807) is 0 Å². The minimum absolute atomic E-state index is 0.417. The summed E-state index contributed by atoms with van der Waals surface area (Å²) in [4.78, 5) is 0. The first-order valence-electron chi connectivity index (χ1n) is 6.35. The number of ether oxygens (including phenoxy) is 1. The molecule has 0 spiro atoms. The summed E-state index contributed by atoms with van der Waals surface area (Å²) in [6.45, 7) is 5.60. The molecule has 1 nitrogen and oxygen atoms in total. The van der Waals surface area contributed by atoms with Crippen LogP contribution < -0.4 is 0 Å². The third kappa shape index (κ3) is 4.66. The predicted molar refractivity (Wildman–Crippen MR) is 77.7 cm³/mol. The van der Waals surface area contributed by atoms with Gasteiger partial charge in [0.25, 0.3) is 0 Å². The van der Waals surface area contributed by atoms with Gasteiger partial charge in [0.15, 0.2) is 0 Å². The summed E-state index contributed by atoms with van der Waals surface area (Å²) in [5, 5.41) is 2.19. The number of rotatable bonds is 7. The molecule has 3 heteroatoms. The second-order valence-electron chi connectivity index (χ2n) is 5.54. The predicted octanol–water partition coefficient (Wildman–Crippen LogP) is 4.77. The number of hydrogen-bond donors (Lipinski definition) is 0. The fourth-order valence-electron chi connectivity index (χ4n) is 2.59. The van der Waals surface area contributed by atoms with E-state index >= 15 is 0 Å². The molecule has 16 heavy (non-hydrogen) atoms. The highest BCUT2D eigenvalue weighted by molar-refractivity contribution is 9.09. The first-order chi connectivity index (χ1) is 7.62. The van der Waals surface area contributed by atoms with Crippen LogP contribution in [0.25, 0.3) is 0 Å². The van der Waals surface area contributed by atoms with Crippen molar-refractivity contribution in [2.24, 2.45) is 11.3 Å². The molecule has 0 aliphatic carbocycles. The molecule has 0 bridgehead atoms. The minimum Gasteiger partial charge on any atom is -0.378 e. The Kier molecular flexibility index (Phi) is 6.91. The largest absolute Gasteiger partial charge is 0.378 e. The van der Waals surface area contributed by atoms with Gasteiger partial charge in [-0.15, -0.1) is 0 Å². The Bertz CT molecular complexity index is 184. The quantitative estimate of drug-likeness (QED) is 0.598. The lowest BCUT2D eigenvalue weighted by atomic mass is 9.79. The summed E-state index contributed by atoms with van der Waals surface area (Å²) in [5.74, 6) is 0.764. The molecular weight excluding hydrogens is 332 g/mol. The van der Waals surface area contributed by atoms with Crippen LogP contribution in [0.4, 0.5) is 0 Å². The lowest BCUT2D eigenvalue weighted by Gasteiger charge is -2.32. The third-order valence-electron chi connectivity index (χ3n) is 3.43. The number of alkyl halides is 2. The van der Waals surface area contributed by atoms with Crippen molar-refractivity contribution in [3.05, 3.63) is 0 Å². The van der Waals surface area contributed by atoms with E-state index in [1.165, 1.54) is 32.1 Å². The second-order valence-corrected chi connectivity index (χ2v) is 6.66. The minimum atomic E-state index is 0.417. The smallest absolute Gasteiger partial charge is 0.0576 e. The average Bonchev–Trinajstić information content (AvgIpc) is 2.77. The topological polar surface area (TPSA) is 9.23 Å². The molecule has 1 unspecified atom stereocenters. The van der Waals surface area contributed by atoms with Crippen molar-refractivity contribution in [2.75, 3.05) is 17.3 Å². The van der Waals surface area contributed by atoms with Crippen LogP contribution in [0.2, 0.25) is 0 Å². The first-order valence-corrected chi connectivity index (χ1v) is 8.60. The van der Waals surface area contributed by atoms with Gasteiger partial charge in [0.1, 0.15) is 0 Å². The molecule has 1 aliphatic heterocycles. The lowest BCUT2D eigenvalue weighted by molar-refractivity contribution is 0.0903. The van der Waals surface area contributed by atoms with E-state index < -0.39 is 0 Å². The molecule has 0 aromatic carbocycles. The molecule has 0 N–H and O–H groups in total. The monoisotopic (exact) mass is 354 g/mol. The van der Waals surface area contributed by atoms with E-state index in [1.807, 2.05) is 0 Å². The molecule has 1 aliphatic rings. The zero-order valence-electron chi connectivity index (χ0n) is 10.5. The van der Waals surface area contributed by atoms with Gasteiger partial charge in [0.05, 0.1) is 6.10 Å². The summed E-state index contributed by atoms with van der Waals surface area (Å²) in [6.07, 6.45) is 6.84. The Balaban J connectivity index is 2.41. The van der Waals surface area contributed by atoms with Crippen LogP contribution in [0.15, 0.2) is 0 Å². The first kappa shape index (κ1) is 15.0. The fraction of sp³-hybridized carbons (Fsp3) is 1.00. The SMILES string of the molecule is CC(C)CC(CBr)(CBr)CCC1CCCO1. The van der Waals surface area contributed by atoms with E-state index in [2.05, 4.69) is 45.7 Å². The molecule has 0 radical (unpaired) electrons. The van der Waals surface area contributed by atoms with Crippen molar-refractivity contribution < 1.29 is 4.74 Å². The average molecular weight is 356 g/mol. The van der Waals surface area contributed by atoms with Crippen molar-refractivity contribution in [1.82, 2.24) is 0 Å². The second kappa shape index (κ2) is 7.38. The maximum absolute atomic E-state index is 5.71. The van der Waals surface area contributed by atoms with E-state index in [-0.39, 0.29) is 0 Å². The normalized spacial score (nSPS) is 21.9. The highest BCUT2D eigenvalue weighted by Crippen LogP contribution is 2.37. The van der Waals surface area contributed by atoms with Crippen LogP contribution in [0.5, 0.6) is 0 Å². The molecule has 96 valence electrons. The summed E-state index contributed by atoms with van der Waals surface area (Å²) < 4.78 is 5.71. The molecule has 1 fully saturated rings. The third-order valence-corrected chi connectivity index (χ3v) is 5.81. The molecule has 0 saturated carbocycles. The van der Waals surface area contributed by atoms with Crippen molar-refractivity contribution >= 4 is 31.9 Å². The molecular formula is C13H24Br2O. The molecule has 1 rings (SSSR count). The Labute approximate surface area is 117 Å². The highest BCUT2D eigenvalue weighted by Gasteiger charge is 2.30. The molecule has 0 amide bonds. The zero-order valence-corrected chi connectivity index (χ0v) is 13.6. The van der Waals surface area contributed by atoms with Crippen LogP contribution in [-0.4, -0.2) is 23.4 Å². The van der Waals surface area contributed by atoms with E-state index in [0.29, 0.717) is 11.5 Å². The van der Waals surface area contributed by atoms with Crippen molar-refractivity contribution in [2.45, 2.75) is 52.1 Å². The van der Waals surface area contributed by atoms with Crippen LogP contribution in [-0.2, 0) is 4.74 Å². The zero-order chi connectivity index (χ0) is 12.0. The highest BCUT2D eigenvalue weighted by atomic mass is 79.9. The summed E-state index contributed by atoms with van der Waals surface area (Å²) >= 11 is 7.40. The van der Waals surface area contributed by atoms with Gasteiger partial charge in [-0.3, -0.25) is 0 Å². The van der Waals surface area contributed by atoms with Crippen LogP contribution in [0.3, 0.4) is 0 Å². The van der Waals surface area contributed by atoms with Gasteiger partial charge in [-0.2, -0.15) is 0 Å². The fourth-order valence-corrected chi connectivity index (χ4v) is 4.53. The maximum atomic E-state index is 5.71. The Morgan fingerprint density at radius 1 is 1.31 bits per heavy atom. The van der Waals surface area contributed by atoms with Crippen molar-refractivity contribution in [3.63, 3.8) is 0 Å². The Morgan fingerprint density at radius 3 is 2.44 bits per heavy atom. The van der Waals surface area contributed by atoms with Gasteiger partial charge < -0.3 is 4.74 Å². The molecule has 1 heterocycles. The Morgan fingerprint density at radius 2 is 2.00 bits per heavy atom. The van der Waals surface area contributed by atoms with Gasteiger partial charge in [0, 0.05) is 17.3 Å². The van der Waals surface area contributed by atoms with Crippen LogP contribution in [0.1, 0.15) is 46.0 Å². The number of hydrogen-bond acceptors (Lipinski definition) is 1. The van der Waals surface area contributed by atoms with Crippen LogP contribution >= 0.6 is 31.9 Å². The summed E-state index contributed by atoms with van der Waals surface area (Å²) in [6, 6.07) is 0. The molecule has 0 aromatic heterocycles. The van der Waals surface area contributed by atoms with Crippen LogP contribution in [0, 0.1) is 11.3 Å². The molecule has 1 atom stereocenters. The van der Waals surface area contributed by atoms with E-state index in [0.717, 1.165) is 23.2 Å². The van der Waals surface area contributed by atoms with E-state index in [4.69, 9.17) is 4.74 Å². The lowest BCUT2D eigenvalue weighted by Crippen LogP contribution is -2.28. The van der Waals surface area contributed by atoms with Crippen molar-refractivity contribution in [3.8, 4) is 0 Å². The van der Waals surface area contributed by atoms with E-state index in [9.17, 15) is 0 Å². The van der Waals surface area contributed by atoms with Crippen molar-refractivity contribution in [1.29, 1.82) is 0 Å². The van der Waals surface area contributed by atoms with Gasteiger partial charge >= 0.3 is 0 Å². The summed E-state index contributed by atoms with van der Waals surface area (Å²) in [5.41, 5.74) is 0.417. The van der Waals surface area contributed by atoms with Gasteiger partial charge in [-0.1, -0.05) is 45.7 Å². The maximum Gasteiger partial charge on any atom is 0.0576 e.